The molecule has 3 nitrogen and oxygen atoms in total. The zero-order chi connectivity index (χ0) is 15.0. The maximum atomic E-state index is 9.57. The fourth-order valence-corrected chi connectivity index (χ4v) is 2.69. The summed E-state index contributed by atoms with van der Waals surface area (Å²) >= 11 is 3.47. The second kappa shape index (κ2) is 5.45. The summed E-state index contributed by atoms with van der Waals surface area (Å²) in [5.41, 5.74) is 2.68. The van der Waals surface area contributed by atoms with Crippen molar-refractivity contribution in [3.8, 4) is 5.75 Å². The van der Waals surface area contributed by atoms with Crippen LogP contribution in [0.5, 0.6) is 5.75 Å². The normalized spacial score (nSPS) is 12.5. The van der Waals surface area contributed by atoms with Gasteiger partial charge in [-0.15, -0.1) is 0 Å². The van der Waals surface area contributed by atoms with Crippen molar-refractivity contribution in [1.29, 1.82) is 0 Å². The predicted molar refractivity (Wildman–Crippen MR) is 88.8 cm³/mol. The fourth-order valence-electron chi connectivity index (χ4n) is 2.31. The third-order valence-electron chi connectivity index (χ3n) is 3.50. The van der Waals surface area contributed by atoms with Crippen LogP contribution in [0.15, 0.2) is 51.4 Å². The van der Waals surface area contributed by atoms with Crippen molar-refractivity contribution in [2.45, 2.75) is 19.9 Å². The van der Waals surface area contributed by atoms with E-state index in [4.69, 9.17) is 4.42 Å². The van der Waals surface area contributed by atoms with Crippen LogP contribution in [0.3, 0.4) is 0 Å². The molecule has 0 aliphatic heterocycles. The number of nitrogens with one attached hydrogen (secondary N) is 1. The van der Waals surface area contributed by atoms with E-state index in [2.05, 4.69) is 28.2 Å². The Morgan fingerprint density at radius 1 is 1.14 bits per heavy atom. The monoisotopic (exact) mass is 345 g/mol. The van der Waals surface area contributed by atoms with Gasteiger partial charge in [-0.2, -0.15) is 0 Å². The molecular formula is C17H16BrNO2. The van der Waals surface area contributed by atoms with Crippen molar-refractivity contribution >= 4 is 32.6 Å². The summed E-state index contributed by atoms with van der Waals surface area (Å²) in [6.45, 7) is 3.93. The Morgan fingerprint density at radius 3 is 2.71 bits per heavy atom. The van der Waals surface area contributed by atoms with Gasteiger partial charge >= 0.3 is 0 Å². The second-order valence-corrected chi connectivity index (χ2v) is 6.11. The second-order valence-electron chi connectivity index (χ2n) is 5.20. The Bertz CT molecular complexity index is 795. The van der Waals surface area contributed by atoms with Crippen molar-refractivity contribution in [2.75, 3.05) is 5.32 Å². The Kier molecular flexibility index (Phi) is 3.64. The van der Waals surface area contributed by atoms with Gasteiger partial charge in [-0.25, -0.2) is 0 Å². The molecule has 0 saturated heterocycles. The number of rotatable bonds is 3. The molecule has 0 bridgehead atoms. The molecule has 2 N–H and O–H groups in total. The van der Waals surface area contributed by atoms with E-state index in [9.17, 15) is 5.11 Å². The average molecular weight is 346 g/mol. The van der Waals surface area contributed by atoms with Crippen molar-refractivity contribution in [2.24, 2.45) is 0 Å². The lowest BCUT2D eigenvalue weighted by Gasteiger charge is -2.13. The van der Waals surface area contributed by atoms with E-state index in [1.54, 1.807) is 6.07 Å². The van der Waals surface area contributed by atoms with Gasteiger partial charge in [-0.3, -0.25) is 0 Å². The van der Waals surface area contributed by atoms with Gasteiger partial charge < -0.3 is 14.8 Å². The third kappa shape index (κ3) is 2.90. The molecule has 21 heavy (non-hydrogen) atoms. The van der Waals surface area contributed by atoms with Crippen molar-refractivity contribution < 1.29 is 9.52 Å². The lowest BCUT2D eigenvalue weighted by Crippen LogP contribution is -2.05. The Balaban J connectivity index is 1.85. The fraction of sp³-hybridized carbons (Fsp3) is 0.176. The van der Waals surface area contributed by atoms with Crippen LogP contribution in [0.2, 0.25) is 0 Å². The SMILES string of the molecule is Cc1cc(NC(C)c2cc3cc(Br)ccc3o2)ccc1O. The van der Waals surface area contributed by atoms with E-state index in [0.717, 1.165) is 32.5 Å². The highest BCUT2D eigenvalue weighted by Gasteiger charge is 2.12. The number of aryl methyl sites for hydroxylation is 1. The van der Waals surface area contributed by atoms with Crippen LogP contribution in [0.4, 0.5) is 5.69 Å². The Hall–Kier alpha value is -1.94. The van der Waals surface area contributed by atoms with Crippen LogP contribution < -0.4 is 5.32 Å². The standard InChI is InChI=1S/C17H16BrNO2/c1-10-7-14(4-5-15(10)20)19-11(2)17-9-12-8-13(18)3-6-16(12)21-17/h3-9,11,19-20H,1-2H3. The molecule has 1 unspecified atom stereocenters. The summed E-state index contributed by atoms with van der Waals surface area (Å²) in [5.74, 6) is 1.19. The molecule has 1 heterocycles. The van der Waals surface area contributed by atoms with Crippen LogP contribution in [0.1, 0.15) is 24.3 Å². The van der Waals surface area contributed by atoms with Gasteiger partial charge in [0, 0.05) is 15.5 Å². The first-order chi connectivity index (χ1) is 10.0. The van der Waals surface area contributed by atoms with Crippen LogP contribution >= 0.6 is 15.9 Å². The number of phenolic OH excluding ortho intramolecular Hbond substituents is 1. The largest absolute Gasteiger partial charge is 0.508 e. The lowest BCUT2D eigenvalue weighted by atomic mass is 10.1. The molecule has 1 atom stereocenters. The van der Waals surface area contributed by atoms with Gasteiger partial charge in [0.15, 0.2) is 0 Å². The van der Waals surface area contributed by atoms with E-state index in [1.165, 1.54) is 0 Å². The first-order valence-corrected chi connectivity index (χ1v) is 7.57. The quantitative estimate of drug-likeness (QED) is 0.626. The van der Waals surface area contributed by atoms with Gasteiger partial charge in [-0.05, 0) is 61.9 Å². The smallest absolute Gasteiger partial charge is 0.134 e. The topological polar surface area (TPSA) is 45.4 Å². The van der Waals surface area contributed by atoms with Gasteiger partial charge in [0.25, 0.3) is 0 Å². The number of hydrogen-bond donors (Lipinski definition) is 2. The summed E-state index contributed by atoms with van der Waals surface area (Å²) in [4.78, 5) is 0. The maximum Gasteiger partial charge on any atom is 0.134 e. The van der Waals surface area contributed by atoms with Gasteiger partial charge in [0.2, 0.25) is 0 Å². The number of furan rings is 1. The molecule has 4 heteroatoms. The molecule has 3 rings (SSSR count). The number of hydrogen-bond acceptors (Lipinski definition) is 3. The highest BCUT2D eigenvalue weighted by atomic mass is 79.9. The summed E-state index contributed by atoms with van der Waals surface area (Å²) in [5, 5.41) is 14.0. The zero-order valence-corrected chi connectivity index (χ0v) is 13.4. The third-order valence-corrected chi connectivity index (χ3v) is 4.00. The highest BCUT2D eigenvalue weighted by Crippen LogP contribution is 2.29. The maximum absolute atomic E-state index is 9.57. The number of anilines is 1. The number of fused-ring (bicyclic) bond motifs is 1. The molecule has 0 fully saturated rings. The van der Waals surface area contributed by atoms with Crippen LogP contribution in [-0.2, 0) is 0 Å². The summed E-state index contributed by atoms with van der Waals surface area (Å²) in [7, 11) is 0. The van der Waals surface area contributed by atoms with E-state index in [-0.39, 0.29) is 6.04 Å². The summed E-state index contributed by atoms with van der Waals surface area (Å²) in [6.07, 6.45) is 0. The van der Waals surface area contributed by atoms with Crippen LogP contribution in [-0.4, -0.2) is 5.11 Å². The molecule has 1 aromatic heterocycles. The predicted octanol–water partition coefficient (Wildman–Crippen LogP) is 5.38. The molecule has 108 valence electrons. The Morgan fingerprint density at radius 2 is 1.95 bits per heavy atom. The number of phenols is 1. The average Bonchev–Trinajstić information content (AvgIpc) is 2.86. The van der Waals surface area contributed by atoms with Gasteiger partial charge in [0.1, 0.15) is 17.1 Å². The molecule has 0 radical (unpaired) electrons. The first kappa shape index (κ1) is 14.0. The van der Waals surface area contributed by atoms with Crippen molar-refractivity contribution in [1.82, 2.24) is 0 Å². The molecule has 2 aromatic carbocycles. The minimum Gasteiger partial charge on any atom is -0.508 e. The molecule has 3 aromatic rings. The van der Waals surface area contributed by atoms with Crippen LogP contribution in [0, 0.1) is 6.92 Å². The molecular weight excluding hydrogens is 330 g/mol. The van der Waals surface area contributed by atoms with E-state index >= 15 is 0 Å². The molecule has 0 aliphatic rings. The minimum atomic E-state index is 0.0418. The molecule has 0 aliphatic carbocycles. The molecule has 0 saturated carbocycles. The van der Waals surface area contributed by atoms with Gasteiger partial charge in [-0.1, -0.05) is 15.9 Å². The molecule has 0 spiro atoms. The minimum absolute atomic E-state index is 0.0418. The van der Waals surface area contributed by atoms with Gasteiger partial charge in [0.05, 0.1) is 6.04 Å². The number of aromatic hydroxyl groups is 1. The summed E-state index contributed by atoms with van der Waals surface area (Å²) < 4.78 is 6.92. The number of benzene rings is 2. The Labute approximate surface area is 131 Å². The van der Waals surface area contributed by atoms with E-state index in [0.29, 0.717) is 5.75 Å². The van der Waals surface area contributed by atoms with E-state index < -0.39 is 0 Å². The van der Waals surface area contributed by atoms with Crippen LogP contribution in [0.25, 0.3) is 11.0 Å². The van der Waals surface area contributed by atoms with Crippen molar-refractivity contribution in [3.05, 3.63) is 58.3 Å². The molecule has 0 amide bonds. The first-order valence-electron chi connectivity index (χ1n) is 6.78. The summed E-state index contributed by atoms with van der Waals surface area (Å²) in [6, 6.07) is 13.5. The number of halogens is 1. The highest BCUT2D eigenvalue weighted by molar-refractivity contribution is 9.10. The lowest BCUT2D eigenvalue weighted by molar-refractivity contribution is 0.471. The zero-order valence-electron chi connectivity index (χ0n) is 11.9. The van der Waals surface area contributed by atoms with E-state index in [1.807, 2.05) is 43.3 Å². The van der Waals surface area contributed by atoms with Crippen molar-refractivity contribution in [3.63, 3.8) is 0 Å².